The SMILES string of the molecule is CCCCN(C)C(=O)C(C)Nc1ccc(F)cc1. The molecule has 4 heteroatoms. The first kappa shape index (κ1) is 14.5. The van der Waals surface area contributed by atoms with E-state index in [4.69, 9.17) is 0 Å². The Morgan fingerprint density at radius 3 is 2.56 bits per heavy atom. The number of nitrogens with zero attached hydrogens (tertiary/aromatic N) is 1. The number of hydrogen-bond acceptors (Lipinski definition) is 2. The molecule has 1 atom stereocenters. The van der Waals surface area contributed by atoms with Gasteiger partial charge in [0.25, 0.3) is 0 Å². The fourth-order valence-corrected chi connectivity index (χ4v) is 1.69. The maximum Gasteiger partial charge on any atom is 0.244 e. The van der Waals surface area contributed by atoms with Gasteiger partial charge in [-0.25, -0.2) is 4.39 Å². The second-order valence-electron chi connectivity index (χ2n) is 4.49. The Labute approximate surface area is 108 Å². The Morgan fingerprint density at radius 1 is 1.39 bits per heavy atom. The number of carbonyl (C=O) groups is 1. The normalized spacial score (nSPS) is 12.0. The molecule has 0 aliphatic heterocycles. The number of amides is 1. The fourth-order valence-electron chi connectivity index (χ4n) is 1.69. The Bertz CT molecular complexity index is 378. The number of rotatable bonds is 6. The van der Waals surface area contributed by atoms with Crippen molar-refractivity contribution in [2.75, 3.05) is 18.9 Å². The van der Waals surface area contributed by atoms with Crippen molar-refractivity contribution in [1.82, 2.24) is 4.90 Å². The molecule has 0 heterocycles. The largest absolute Gasteiger partial charge is 0.374 e. The average Bonchev–Trinajstić information content (AvgIpc) is 2.37. The van der Waals surface area contributed by atoms with E-state index in [1.54, 1.807) is 24.1 Å². The third-order valence-electron chi connectivity index (χ3n) is 2.82. The Hall–Kier alpha value is -1.58. The summed E-state index contributed by atoms with van der Waals surface area (Å²) in [6.45, 7) is 4.68. The van der Waals surface area contributed by atoms with Gasteiger partial charge >= 0.3 is 0 Å². The Kier molecular flexibility index (Phi) is 5.62. The third-order valence-corrected chi connectivity index (χ3v) is 2.82. The Morgan fingerprint density at radius 2 is 2.00 bits per heavy atom. The molecule has 0 radical (unpaired) electrons. The fraction of sp³-hybridized carbons (Fsp3) is 0.500. The van der Waals surface area contributed by atoms with Crippen molar-refractivity contribution >= 4 is 11.6 Å². The van der Waals surface area contributed by atoms with E-state index >= 15 is 0 Å². The van der Waals surface area contributed by atoms with Gasteiger partial charge in [0.2, 0.25) is 5.91 Å². The summed E-state index contributed by atoms with van der Waals surface area (Å²) in [6, 6.07) is 5.70. The van der Waals surface area contributed by atoms with E-state index in [-0.39, 0.29) is 17.8 Å². The van der Waals surface area contributed by atoms with Crippen molar-refractivity contribution in [1.29, 1.82) is 0 Å². The van der Waals surface area contributed by atoms with Gasteiger partial charge in [-0.1, -0.05) is 13.3 Å². The topological polar surface area (TPSA) is 32.3 Å². The van der Waals surface area contributed by atoms with E-state index in [0.717, 1.165) is 25.1 Å². The number of hydrogen-bond donors (Lipinski definition) is 1. The van der Waals surface area contributed by atoms with Crippen LogP contribution in [0.15, 0.2) is 24.3 Å². The zero-order valence-corrected chi connectivity index (χ0v) is 11.2. The van der Waals surface area contributed by atoms with Crippen molar-refractivity contribution in [2.24, 2.45) is 0 Å². The van der Waals surface area contributed by atoms with Crippen molar-refractivity contribution in [3.8, 4) is 0 Å². The molecule has 1 amide bonds. The molecule has 1 N–H and O–H groups in total. The first-order chi connectivity index (χ1) is 8.54. The molecule has 100 valence electrons. The predicted octanol–water partition coefficient (Wildman–Crippen LogP) is 2.88. The molecule has 1 unspecified atom stereocenters. The summed E-state index contributed by atoms with van der Waals surface area (Å²) < 4.78 is 12.7. The van der Waals surface area contributed by atoms with Crippen LogP contribution in [0, 0.1) is 5.82 Å². The van der Waals surface area contributed by atoms with Gasteiger partial charge in [-0.05, 0) is 37.6 Å². The van der Waals surface area contributed by atoms with Gasteiger partial charge in [-0.3, -0.25) is 4.79 Å². The summed E-state index contributed by atoms with van der Waals surface area (Å²) in [6.07, 6.45) is 2.07. The molecule has 0 aromatic heterocycles. The minimum atomic E-state index is -0.308. The van der Waals surface area contributed by atoms with Gasteiger partial charge in [0.1, 0.15) is 11.9 Å². The number of unbranched alkanes of at least 4 members (excludes halogenated alkanes) is 1. The molecule has 18 heavy (non-hydrogen) atoms. The van der Waals surface area contributed by atoms with Crippen LogP contribution in [0.1, 0.15) is 26.7 Å². The van der Waals surface area contributed by atoms with Crippen LogP contribution in [0.3, 0.4) is 0 Å². The summed E-state index contributed by atoms with van der Waals surface area (Å²) in [5.41, 5.74) is 0.751. The van der Waals surface area contributed by atoms with Crippen LogP contribution in [0.2, 0.25) is 0 Å². The second kappa shape index (κ2) is 6.99. The van der Waals surface area contributed by atoms with Crippen LogP contribution in [0.5, 0.6) is 0 Å². The smallest absolute Gasteiger partial charge is 0.244 e. The minimum absolute atomic E-state index is 0.0489. The second-order valence-corrected chi connectivity index (χ2v) is 4.49. The summed E-state index contributed by atoms with van der Waals surface area (Å²) >= 11 is 0. The van der Waals surface area contributed by atoms with Crippen LogP contribution in [-0.2, 0) is 4.79 Å². The molecule has 0 saturated carbocycles. The number of nitrogens with one attached hydrogen (secondary N) is 1. The molecule has 3 nitrogen and oxygen atoms in total. The molecular weight excluding hydrogens is 231 g/mol. The van der Waals surface area contributed by atoms with Crippen LogP contribution in [0.4, 0.5) is 10.1 Å². The molecule has 0 fully saturated rings. The Balaban J connectivity index is 2.51. The lowest BCUT2D eigenvalue weighted by Crippen LogP contribution is -2.39. The van der Waals surface area contributed by atoms with E-state index in [0.29, 0.717) is 0 Å². The molecule has 0 aliphatic carbocycles. The van der Waals surface area contributed by atoms with Crippen molar-refractivity contribution < 1.29 is 9.18 Å². The van der Waals surface area contributed by atoms with E-state index in [2.05, 4.69) is 12.2 Å². The van der Waals surface area contributed by atoms with E-state index < -0.39 is 0 Å². The highest BCUT2D eigenvalue weighted by Gasteiger charge is 2.16. The molecule has 0 bridgehead atoms. The number of halogens is 1. The van der Waals surface area contributed by atoms with Crippen molar-refractivity contribution in [3.05, 3.63) is 30.1 Å². The number of anilines is 1. The van der Waals surface area contributed by atoms with Gasteiger partial charge in [0.15, 0.2) is 0 Å². The summed E-state index contributed by atoms with van der Waals surface area (Å²) in [5.74, 6) is -0.229. The lowest BCUT2D eigenvalue weighted by Gasteiger charge is -2.22. The lowest BCUT2D eigenvalue weighted by atomic mass is 10.2. The van der Waals surface area contributed by atoms with Crippen molar-refractivity contribution in [3.63, 3.8) is 0 Å². The maximum atomic E-state index is 12.7. The van der Waals surface area contributed by atoms with Gasteiger partial charge in [0, 0.05) is 19.3 Å². The molecule has 0 saturated heterocycles. The average molecular weight is 252 g/mol. The van der Waals surface area contributed by atoms with Crippen LogP contribution in [-0.4, -0.2) is 30.4 Å². The molecular formula is C14H21FN2O. The molecule has 1 aromatic rings. The highest BCUT2D eigenvalue weighted by atomic mass is 19.1. The van der Waals surface area contributed by atoms with E-state index in [1.807, 2.05) is 6.92 Å². The summed E-state index contributed by atoms with van der Waals surface area (Å²) in [7, 11) is 1.81. The van der Waals surface area contributed by atoms with Crippen molar-refractivity contribution in [2.45, 2.75) is 32.7 Å². The minimum Gasteiger partial charge on any atom is -0.374 e. The molecule has 1 rings (SSSR count). The monoisotopic (exact) mass is 252 g/mol. The number of likely N-dealkylation sites (N-methyl/N-ethyl adjacent to an activating group) is 1. The van der Waals surface area contributed by atoms with Gasteiger partial charge in [-0.2, -0.15) is 0 Å². The quantitative estimate of drug-likeness (QED) is 0.844. The zero-order valence-electron chi connectivity index (χ0n) is 11.2. The standard InChI is InChI=1S/C14H21FN2O/c1-4-5-10-17(3)14(18)11(2)16-13-8-6-12(15)7-9-13/h6-9,11,16H,4-5,10H2,1-3H3. The summed E-state index contributed by atoms with van der Waals surface area (Å²) in [4.78, 5) is 13.7. The van der Waals surface area contributed by atoms with Gasteiger partial charge in [0.05, 0.1) is 0 Å². The predicted molar refractivity (Wildman–Crippen MR) is 72.0 cm³/mol. The number of carbonyl (C=O) groups excluding carboxylic acids is 1. The van der Waals surface area contributed by atoms with Crippen LogP contribution < -0.4 is 5.32 Å². The molecule has 0 aliphatic rings. The number of benzene rings is 1. The lowest BCUT2D eigenvalue weighted by molar-refractivity contribution is -0.130. The highest BCUT2D eigenvalue weighted by molar-refractivity contribution is 5.84. The van der Waals surface area contributed by atoms with Crippen LogP contribution in [0.25, 0.3) is 0 Å². The summed E-state index contributed by atoms with van der Waals surface area (Å²) in [5, 5.41) is 3.07. The first-order valence-corrected chi connectivity index (χ1v) is 6.31. The van der Waals surface area contributed by atoms with Gasteiger partial charge in [-0.15, -0.1) is 0 Å². The van der Waals surface area contributed by atoms with E-state index in [1.165, 1.54) is 12.1 Å². The highest BCUT2D eigenvalue weighted by Crippen LogP contribution is 2.10. The van der Waals surface area contributed by atoms with E-state index in [9.17, 15) is 9.18 Å². The zero-order chi connectivity index (χ0) is 13.5. The molecule has 0 spiro atoms. The first-order valence-electron chi connectivity index (χ1n) is 6.31. The van der Waals surface area contributed by atoms with Gasteiger partial charge < -0.3 is 10.2 Å². The third kappa shape index (κ3) is 4.35. The molecule has 1 aromatic carbocycles. The maximum absolute atomic E-state index is 12.7. The van der Waals surface area contributed by atoms with Crippen LogP contribution >= 0.6 is 0 Å².